The Kier molecular flexibility index (Phi) is 16.7. The molecule has 0 heterocycles. The second-order valence-corrected chi connectivity index (χ2v) is 26.1. The van der Waals surface area contributed by atoms with Gasteiger partial charge in [-0.25, -0.2) is 13.2 Å². The molecule has 0 amide bonds. The van der Waals surface area contributed by atoms with Gasteiger partial charge in [-0.1, -0.05) is 267 Å². The van der Waals surface area contributed by atoms with Gasteiger partial charge in [0.15, 0.2) is 0 Å². The average Bonchev–Trinajstić information content (AvgIpc) is 1.55. The normalized spacial score (nSPS) is 15.0. The van der Waals surface area contributed by atoms with Crippen molar-refractivity contribution in [3.63, 3.8) is 0 Å². The van der Waals surface area contributed by atoms with Gasteiger partial charge in [0, 0.05) is 0 Å². The highest BCUT2D eigenvalue weighted by Gasteiger charge is 2.48. The standard InChI is InChI=1S/C96H67F3O2/c1-4-64-22-48-82(49-23-64)100-84-52-38-77(39-53-84)95(75-34-44-80(98)45-35-75)91-12-8-6-10-86(91)88-56-32-72(61-93(88)95)74(58-66-16-14-63(3)15-17-66)59-67-18-26-69(27-19-67)70-28-20-68(21-29-70)60-90(71-30-42-79(97)43-31-71)73-33-57-89-87-11-7-9-13-92(87)96(94(89)62-73,76-36-46-81(99)47-37-76)78-40-54-85(55-41-78)101-83-50-24-65(5-2)25-51-83/h4-58,60-62H,1-2,59H2,3H3/b74-58-,90-60+. The Balaban J connectivity index is 0.732. The first-order valence-electron chi connectivity index (χ1n) is 34.0. The van der Waals surface area contributed by atoms with Crippen molar-refractivity contribution in [1.29, 1.82) is 0 Å². The lowest BCUT2D eigenvalue weighted by Crippen LogP contribution is -2.28. The fourth-order valence-electron chi connectivity index (χ4n) is 15.1. The van der Waals surface area contributed by atoms with Gasteiger partial charge >= 0.3 is 0 Å². The van der Waals surface area contributed by atoms with Crippen molar-refractivity contribution in [1.82, 2.24) is 0 Å². The average molecular weight is 1310 g/mol. The van der Waals surface area contributed by atoms with E-state index in [1.54, 1.807) is 18.2 Å². The third kappa shape index (κ3) is 11.9. The van der Waals surface area contributed by atoms with E-state index in [-0.39, 0.29) is 17.5 Å². The van der Waals surface area contributed by atoms with Crippen LogP contribution in [0.1, 0.15) is 94.6 Å². The number of benzene rings is 14. The minimum absolute atomic E-state index is 0.294. The smallest absolute Gasteiger partial charge is 0.127 e. The molecule has 0 radical (unpaired) electrons. The van der Waals surface area contributed by atoms with Gasteiger partial charge in [0.25, 0.3) is 0 Å². The van der Waals surface area contributed by atoms with Crippen molar-refractivity contribution in [2.45, 2.75) is 24.2 Å². The minimum atomic E-state index is -0.858. The molecular weight excluding hydrogens is 1240 g/mol. The van der Waals surface area contributed by atoms with Crippen LogP contribution >= 0.6 is 0 Å². The molecule has 0 saturated carbocycles. The van der Waals surface area contributed by atoms with E-state index in [0.29, 0.717) is 23.7 Å². The Morgan fingerprint density at radius 1 is 0.327 bits per heavy atom. The molecule has 0 N–H and O–H groups in total. The summed E-state index contributed by atoms with van der Waals surface area (Å²) >= 11 is 0. The monoisotopic (exact) mass is 1310 g/mol. The maximum atomic E-state index is 15.1. The summed E-state index contributed by atoms with van der Waals surface area (Å²) in [7, 11) is 0. The van der Waals surface area contributed by atoms with E-state index in [4.69, 9.17) is 9.47 Å². The molecule has 2 unspecified atom stereocenters. The van der Waals surface area contributed by atoms with Crippen molar-refractivity contribution in [2.75, 3.05) is 0 Å². The number of ether oxygens (including phenoxy) is 2. The van der Waals surface area contributed by atoms with E-state index >= 15 is 8.78 Å². The molecule has 5 heteroatoms. The van der Waals surface area contributed by atoms with Gasteiger partial charge in [0.05, 0.1) is 10.8 Å². The molecule has 101 heavy (non-hydrogen) atoms. The molecule has 0 aromatic heterocycles. The number of halogens is 3. The lowest BCUT2D eigenvalue weighted by molar-refractivity contribution is 0.482. The zero-order valence-corrected chi connectivity index (χ0v) is 55.6. The van der Waals surface area contributed by atoms with Crippen molar-refractivity contribution >= 4 is 35.5 Å². The Hall–Kier alpha value is -12.6. The van der Waals surface area contributed by atoms with Crippen molar-refractivity contribution in [2.24, 2.45) is 0 Å². The molecule has 16 rings (SSSR count). The summed E-state index contributed by atoms with van der Waals surface area (Å²) in [6, 6.07) is 110. The van der Waals surface area contributed by atoms with Crippen LogP contribution in [0.4, 0.5) is 13.2 Å². The SMILES string of the molecule is C=Cc1ccc(Oc2ccc(C3(c4ccc(F)cc4)c4ccccc4-c4ccc(/C(=C\c5ccc(C)cc5)Cc5ccc(-c6ccc(/C=C(\c7ccc(F)cc7)c7ccc8c(c7)C(c7ccc(F)cc7)(c7ccc(Oc9ccc(C=C)cc9)cc7)c7ccccc7-8)cc6)cc5)cc43)cc2)cc1. The van der Waals surface area contributed by atoms with Crippen LogP contribution in [0, 0.1) is 24.4 Å². The first-order chi connectivity index (χ1) is 49.5. The summed E-state index contributed by atoms with van der Waals surface area (Å²) in [5.74, 6) is 1.89. The molecule has 484 valence electrons. The zero-order chi connectivity index (χ0) is 68.6. The maximum Gasteiger partial charge on any atom is 0.127 e. The number of allylic oxidation sites excluding steroid dienone is 1. The predicted molar refractivity (Wildman–Crippen MR) is 409 cm³/mol. The maximum absolute atomic E-state index is 15.1. The molecule has 0 aliphatic heterocycles. The third-order valence-electron chi connectivity index (χ3n) is 20.1. The largest absolute Gasteiger partial charge is 0.457 e. The van der Waals surface area contributed by atoms with Crippen LogP contribution < -0.4 is 9.47 Å². The fourth-order valence-corrected chi connectivity index (χ4v) is 15.1. The summed E-state index contributed by atoms with van der Waals surface area (Å²) in [5.41, 5.74) is 24.5. The van der Waals surface area contributed by atoms with Crippen LogP contribution in [0.25, 0.3) is 68.8 Å². The summed E-state index contributed by atoms with van der Waals surface area (Å²) in [5, 5.41) is 0. The predicted octanol–water partition coefficient (Wildman–Crippen LogP) is 25.0. The number of hydrogen-bond donors (Lipinski definition) is 0. The van der Waals surface area contributed by atoms with Crippen molar-refractivity contribution < 1.29 is 22.6 Å². The van der Waals surface area contributed by atoms with Crippen LogP contribution in [0.15, 0.2) is 341 Å². The molecule has 14 aromatic carbocycles. The zero-order valence-electron chi connectivity index (χ0n) is 55.6. The van der Waals surface area contributed by atoms with E-state index in [2.05, 4.69) is 214 Å². The number of aryl methyl sites for hydroxylation is 1. The molecule has 0 fully saturated rings. The molecule has 2 nitrogen and oxygen atoms in total. The summed E-state index contributed by atoms with van der Waals surface area (Å²) in [6.45, 7) is 9.90. The van der Waals surface area contributed by atoms with Gasteiger partial charge in [0.1, 0.15) is 40.4 Å². The lowest BCUT2D eigenvalue weighted by Gasteiger charge is -2.34. The van der Waals surface area contributed by atoms with Crippen LogP contribution in [-0.2, 0) is 17.3 Å². The van der Waals surface area contributed by atoms with E-state index in [0.717, 1.165) is 139 Å². The number of hydrogen-bond acceptors (Lipinski definition) is 2. The highest BCUT2D eigenvalue weighted by molar-refractivity contribution is 5.96. The highest BCUT2D eigenvalue weighted by atomic mass is 19.1. The van der Waals surface area contributed by atoms with E-state index in [9.17, 15) is 4.39 Å². The van der Waals surface area contributed by atoms with Crippen LogP contribution in [0.2, 0.25) is 0 Å². The minimum Gasteiger partial charge on any atom is -0.457 e. The van der Waals surface area contributed by atoms with Gasteiger partial charge < -0.3 is 9.47 Å². The molecule has 0 bridgehead atoms. The Morgan fingerprint density at radius 3 is 1.13 bits per heavy atom. The van der Waals surface area contributed by atoms with Gasteiger partial charge in [-0.15, -0.1) is 0 Å². The molecule has 14 aromatic rings. The molecule has 0 saturated heterocycles. The van der Waals surface area contributed by atoms with Gasteiger partial charge in [-0.05, 0) is 250 Å². The van der Waals surface area contributed by atoms with Crippen molar-refractivity contribution in [3.05, 3.63) is 453 Å². The Morgan fingerprint density at radius 2 is 0.673 bits per heavy atom. The van der Waals surface area contributed by atoms with Crippen LogP contribution in [0.5, 0.6) is 23.0 Å². The number of fused-ring (bicyclic) bond motifs is 6. The van der Waals surface area contributed by atoms with Crippen LogP contribution in [-0.4, -0.2) is 0 Å². The molecular formula is C96H67F3O2. The second-order valence-electron chi connectivity index (χ2n) is 26.1. The van der Waals surface area contributed by atoms with E-state index in [1.165, 1.54) is 29.8 Å². The quantitative estimate of drug-likeness (QED) is 0.0797. The Labute approximate surface area is 588 Å². The summed E-state index contributed by atoms with van der Waals surface area (Å²) in [4.78, 5) is 0. The van der Waals surface area contributed by atoms with E-state index < -0.39 is 10.8 Å². The fraction of sp³-hybridized carbons (Fsp3) is 0.0417. The second kappa shape index (κ2) is 26.7. The van der Waals surface area contributed by atoms with Gasteiger partial charge in [0.2, 0.25) is 0 Å². The molecule has 2 atom stereocenters. The van der Waals surface area contributed by atoms with Crippen LogP contribution in [0.3, 0.4) is 0 Å². The first-order valence-corrected chi connectivity index (χ1v) is 34.0. The molecule has 2 aliphatic rings. The molecule has 0 spiro atoms. The van der Waals surface area contributed by atoms with Gasteiger partial charge in [-0.2, -0.15) is 0 Å². The topological polar surface area (TPSA) is 18.5 Å². The first kappa shape index (κ1) is 63.2. The van der Waals surface area contributed by atoms with Gasteiger partial charge in [-0.3, -0.25) is 0 Å². The highest BCUT2D eigenvalue weighted by Crippen LogP contribution is 2.59. The lowest BCUT2D eigenvalue weighted by atomic mass is 9.67. The third-order valence-corrected chi connectivity index (χ3v) is 20.1. The Bertz CT molecular complexity index is 5480. The summed E-state index contributed by atoms with van der Waals surface area (Å²) in [6.07, 6.45) is 8.75. The summed E-state index contributed by atoms with van der Waals surface area (Å²) < 4.78 is 57.8. The molecule has 2 aliphatic carbocycles. The number of rotatable bonds is 18. The van der Waals surface area contributed by atoms with E-state index in [1.807, 2.05) is 115 Å². The van der Waals surface area contributed by atoms with Crippen molar-refractivity contribution in [3.8, 4) is 56.4 Å².